The molecule has 2 amide bonds. The molecule has 132 valence electrons. The SMILES string of the molecule is Cc1noc(C(C)C)c1C(=O)N[C@H]1CCCN(c2ccccc2)C1=O. The molecule has 1 aromatic carbocycles. The Morgan fingerprint density at radius 3 is 2.72 bits per heavy atom. The van der Waals surface area contributed by atoms with Gasteiger partial charge in [-0.3, -0.25) is 9.59 Å². The van der Waals surface area contributed by atoms with Crippen molar-refractivity contribution in [3.63, 3.8) is 0 Å². The average Bonchev–Trinajstić information content (AvgIpc) is 2.99. The lowest BCUT2D eigenvalue weighted by atomic mass is 10.0. The Morgan fingerprint density at radius 1 is 1.32 bits per heavy atom. The number of aryl methyl sites for hydroxylation is 1. The Kier molecular flexibility index (Phi) is 4.88. The second-order valence-corrected chi connectivity index (χ2v) is 6.66. The normalized spacial score (nSPS) is 17.8. The van der Waals surface area contributed by atoms with Crippen LogP contribution in [0.2, 0.25) is 0 Å². The van der Waals surface area contributed by atoms with Crippen molar-refractivity contribution in [3.05, 3.63) is 47.3 Å². The Labute approximate surface area is 147 Å². The zero-order valence-corrected chi connectivity index (χ0v) is 14.8. The summed E-state index contributed by atoms with van der Waals surface area (Å²) in [5, 5.41) is 6.78. The quantitative estimate of drug-likeness (QED) is 0.927. The fraction of sp³-hybridized carbons (Fsp3) is 0.421. The smallest absolute Gasteiger partial charge is 0.257 e. The Balaban J connectivity index is 1.78. The molecule has 1 saturated heterocycles. The number of carbonyl (C=O) groups is 2. The van der Waals surface area contributed by atoms with E-state index in [1.54, 1.807) is 11.8 Å². The van der Waals surface area contributed by atoms with Gasteiger partial charge in [0.05, 0.1) is 5.69 Å². The van der Waals surface area contributed by atoms with Gasteiger partial charge < -0.3 is 14.7 Å². The van der Waals surface area contributed by atoms with Gasteiger partial charge in [0.1, 0.15) is 11.6 Å². The van der Waals surface area contributed by atoms with Gasteiger partial charge in [-0.05, 0) is 31.9 Å². The van der Waals surface area contributed by atoms with E-state index in [0.717, 1.165) is 12.1 Å². The third-order valence-electron chi connectivity index (χ3n) is 4.45. The van der Waals surface area contributed by atoms with E-state index in [1.165, 1.54) is 0 Å². The molecule has 6 heteroatoms. The van der Waals surface area contributed by atoms with Crippen molar-refractivity contribution >= 4 is 17.5 Å². The zero-order valence-electron chi connectivity index (χ0n) is 14.8. The molecule has 0 spiro atoms. The van der Waals surface area contributed by atoms with Crippen molar-refractivity contribution in [2.24, 2.45) is 0 Å². The van der Waals surface area contributed by atoms with E-state index in [2.05, 4.69) is 10.5 Å². The standard InChI is InChI=1S/C19H23N3O3/c1-12(2)17-16(13(3)21-25-17)18(23)20-15-10-7-11-22(19(15)24)14-8-5-4-6-9-14/h4-6,8-9,12,15H,7,10-11H2,1-3H3,(H,20,23)/t15-/m0/s1. The van der Waals surface area contributed by atoms with Crippen LogP contribution in [0.3, 0.4) is 0 Å². The van der Waals surface area contributed by atoms with Crippen LogP contribution in [0.15, 0.2) is 34.9 Å². The highest BCUT2D eigenvalue weighted by molar-refractivity contribution is 6.03. The molecule has 2 aromatic rings. The molecule has 1 fully saturated rings. The molecule has 1 aliphatic heterocycles. The molecule has 1 aromatic heterocycles. The van der Waals surface area contributed by atoms with Gasteiger partial charge in [0.25, 0.3) is 5.91 Å². The maximum atomic E-state index is 12.8. The van der Waals surface area contributed by atoms with Crippen molar-refractivity contribution in [2.45, 2.75) is 45.6 Å². The third-order valence-corrected chi connectivity index (χ3v) is 4.45. The summed E-state index contributed by atoms with van der Waals surface area (Å²) in [5.41, 5.74) is 1.85. The molecule has 1 aliphatic rings. The number of rotatable bonds is 4. The van der Waals surface area contributed by atoms with Crippen LogP contribution >= 0.6 is 0 Å². The number of hydrogen-bond donors (Lipinski definition) is 1. The predicted octanol–water partition coefficient (Wildman–Crippen LogP) is 3.03. The molecular weight excluding hydrogens is 318 g/mol. The summed E-state index contributed by atoms with van der Waals surface area (Å²) in [7, 11) is 0. The van der Waals surface area contributed by atoms with Crippen LogP contribution in [-0.2, 0) is 4.79 Å². The van der Waals surface area contributed by atoms with Crippen LogP contribution in [0, 0.1) is 6.92 Å². The van der Waals surface area contributed by atoms with E-state index in [1.807, 2.05) is 44.2 Å². The molecule has 0 unspecified atom stereocenters. The number of amides is 2. The topological polar surface area (TPSA) is 75.4 Å². The maximum absolute atomic E-state index is 12.8. The van der Waals surface area contributed by atoms with Crippen molar-refractivity contribution in [1.82, 2.24) is 10.5 Å². The number of nitrogens with one attached hydrogen (secondary N) is 1. The number of benzene rings is 1. The van der Waals surface area contributed by atoms with Gasteiger partial charge in [0, 0.05) is 18.2 Å². The molecule has 1 atom stereocenters. The summed E-state index contributed by atoms with van der Waals surface area (Å²) in [5.74, 6) is 0.227. The summed E-state index contributed by atoms with van der Waals surface area (Å²) in [6.07, 6.45) is 1.47. The first-order chi connectivity index (χ1) is 12.0. The second-order valence-electron chi connectivity index (χ2n) is 6.66. The highest BCUT2D eigenvalue weighted by Crippen LogP contribution is 2.24. The predicted molar refractivity (Wildman–Crippen MR) is 94.6 cm³/mol. The van der Waals surface area contributed by atoms with E-state index < -0.39 is 6.04 Å². The lowest BCUT2D eigenvalue weighted by Crippen LogP contribution is -2.52. The molecule has 0 saturated carbocycles. The maximum Gasteiger partial charge on any atom is 0.257 e. The van der Waals surface area contributed by atoms with Gasteiger partial charge in [0.15, 0.2) is 5.76 Å². The van der Waals surface area contributed by atoms with Crippen molar-refractivity contribution in [1.29, 1.82) is 0 Å². The van der Waals surface area contributed by atoms with Crippen LogP contribution in [-0.4, -0.2) is 29.6 Å². The molecule has 0 aliphatic carbocycles. The van der Waals surface area contributed by atoms with Gasteiger partial charge >= 0.3 is 0 Å². The van der Waals surface area contributed by atoms with Crippen molar-refractivity contribution in [3.8, 4) is 0 Å². The number of carbonyl (C=O) groups excluding carboxylic acids is 2. The molecule has 0 bridgehead atoms. The van der Waals surface area contributed by atoms with E-state index in [0.29, 0.717) is 30.0 Å². The molecule has 25 heavy (non-hydrogen) atoms. The zero-order chi connectivity index (χ0) is 18.0. The minimum atomic E-state index is -0.532. The number of piperidine rings is 1. The molecule has 0 radical (unpaired) electrons. The summed E-state index contributed by atoms with van der Waals surface area (Å²) >= 11 is 0. The van der Waals surface area contributed by atoms with Crippen molar-refractivity contribution < 1.29 is 14.1 Å². The number of nitrogens with zero attached hydrogens (tertiary/aromatic N) is 2. The van der Waals surface area contributed by atoms with Gasteiger partial charge in [-0.2, -0.15) is 0 Å². The summed E-state index contributed by atoms with van der Waals surface area (Å²) < 4.78 is 5.28. The van der Waals surface area contributed by atoms with Crippen LogP contribution in [0.1, 0.15) is 54.4 Å². The number of anilines is 1. The Morgan fingerprint density at radius 2 is 2.04 bits per heavy atom. The van der Waals surface area contributed by atoms with Crippen molar-refractivity contribution in [2.75, 3.05) is 11.4 Å². The lowest BCUT2D eigenvalue weighted by molar-refractivity contribution is -0.121. The van der Waals surface area contributed by atoms with Gasteiger partial charge in [-0.1, -0.05) is 37.2 Å². The highest BCUT2D eigenvalue weighted by atomic mass is 16.5. The van der Waals surface area contributed by atoms with Crippen LogP contribution < -0.4 is 10.2 Å². The Bertz CT molecular complexity index is 767. The first-order valence-corrected chi connectivity index (χ1v) is 8.62. The number of hydrogen-bond acceptors (Lipinski definition) is 4. The fourth-order valence-electron chi connectivity index (χ4n) is 3.16. The minimum absolute atomic E-state index is 0.0461. The first-order valence-electron chi connectivity index (χ1n) is 8.62. The van der Waals surface area contributed by atoms with E-state index in [9.17, 15) is 9.59 Å². The minimum Gasteiger partial charge on any atom is -0.360 e. The van der Waals surface area contributed by atoms with E-state index in [-0.39, 0.29) is 17.7 Å². The van der Waals surface area contributed by atoms with Crippen LogP contribution in [0.4, 0.5) is 5.69 Å². The number of para-hydroxylation sites is 1. The first kappa shape index (κ1) is 17.2. The fourth-order valence-corrected chi connectivity index (χ4v) is 3.16. The van der Waals surface area contributed by atoms with E-state index >= 15 is 0 Å². The summed E-state index contributed by atoms with van der Waals surface area (Å²) in [6.45, 7) is 6.29. The van der Waals surface area contributed by atoms with Gasteiger partial charge in [-0.15, -0.1) is 0 Å². The highest BCUT2D eigenvalue weighted by Gasteiger charge is 2.32. The molecule has 6 nitrogen and oxygen atoms in total. The number of aromatic nitrogens is 1. The summed E-state index contributed by atoms with van der Waals surface area (Å²) in [4.78, 5) is 27.3. The van der Waals surface area contributed by atoms with Crippen LogP contribution in [0.25, 0.3) is 0 Å². The molecular formula is C19H23N3O3. The molecule has 2 heterocycles. The Hall–Kier alpha value is -2.63. The molecule has 3 rings (SSSR count). The summed E-state index contributed by atoms with van der Waals surface area (Å²) in [6, 6.07) is 9.00. The third kappa shape index (κ3) is 3.43. The van der Waals surface area contributed by atoms with Gasteiger partial charge in [-0.25, -0.2) is 0 Å². The van der Waals surface area contributed by atoms with Crippen LogP contribution in [0.5, 0.6) is 0 Å². The molecule has 1 N–H and O–H groups in total. The average molecular weight is 341 g/mol. The second kappa shape index (κ2) is 7.09. The largest absolute Gasteiger partial charge is 0.360 e. The lowest BCUT2D eigenvalue weighted by Gasteiger charge is -2.32. The monoisotopic (exact) mass is 341 g/mol. The van der Waals surface area contributed by atoms with Gasteiger partial charge in [0.2, 0.25) is 5.91 Å². The van der Waals surface area contributed by atoms with E-state index in [4.69, 9.17) is 4.52 Å².